The van der Waals surface area contributed by atoms with Crippen LogP contribution in [0.2, 0.25) is 0 Å². The van der Waals surface area contributed by atoms with Crippen molar-refractivity contribution in [3.63, 3.8) is 0 Å². The average molecular weight is 466 g/mol. The number of carboxylic acid groups (broad SMARTS) is 1. The molecule has 2 aliphatic rings. The zero-order valence-electron chi connectivity index (χ0n) is 17.2. The molecule has 0 aliphatic carbocycles. The van der Waals surface area contributed by atoms with Gasteiger partial charge < -0.3 is 5.11 Å². The molecule has 1 atom stereocenters. The van der Waals surface area contributed by atoms with Crippen LogP contribution in [0.3, 0.4) is 0 Å². The summed E-state index contributed by atoms with van der Waals surface area (Å²) in [5.74, 6) is -3.23. The van der Waals surface area contributed by atoms with Gasteiger partial charge >= 0.3 is 12.1 Å². The molecule has 174 valence electrons. The van der Waals surface area contributed by atoms with E-state index in [1.165, 1.54) is 12.1 Å². The van der Waals surface area contributed by atoms with E-state index in [0.29, 0.717) is 18.7 Å². The summed E-state index contributed by atoms with van der Waals surface area (Å²) in [4.78, 5) is 11.3. The maximum Gasteiger partial charge on any atom is 0.490 e. The van der Waals surface area contributed by atoms with E-state index in [-0.39, 0.29) is 10.4 Å². The van der Waals surface area contributed by atoms with Gasteiger partial charge in [0.2, 0.25) is 10.0 Å². The molecular weight excluding hydrogens is 440 g/mol. The molecule has 0 aromatic heterocycles. The summed E-state index contributed by atoms with van der Waals surface area (Å²) in [6.45, 7) is 8.21. The smallest absolute Gasteiger partial charge is 0.475 e. The van der Waals surface area contributed by atoms with E-state index in [1.807, 2.05) is 6.08 Å². The predicted molar refractivity (Wildman–Crippen MR) is 107 cm³/mol. The molecule has 1 aromatic carbocycles. The number of hydrogen-bond donors (Lipinski definition) is 1. The number of piperidine rings is 1. The van der Waals surface area contributed by atoms with E-state index in [9.17, 15) is 26.0 Å². The Morgan fingerprint density at radius 2 is 1.84 bits per heavy atom. The molecule has 11 heteroatoms. The maximum absolute atomic E-state index is 13.8. The lowest BCUT2D eigenvalue weighted by atomic mass is 9.87. The topological polar surface area (TPSA) is 77.9 Å². The molecular formula is C20H26F4N2O4S. The molecule has 3 rings (SSSR count). The van der Waals surface area contributed by atoms with Gasteiger partial charge in [-0.1, -0.05) is 12.1 Å². The normalized spacial score (nSPS) is 22.7. The number of sulfonamides is 1. The summed E-state index contributed by atoms with van der Waals surface area (Å²) in [6.07, 6.45) is 0.738. The highest BCUT2D eigenvalue weighted by Gasteiger charge is 2.46. The number of benzene rings is 1. The summed E-state index contributed by atoms with van der Waals surface area (Å²) in [5, 5.41) is 7.12. The first kappa shape index (κ1) is 25.3. The van der Waals surface area contributed by atoms with E-state index in [4.69, 9.17) is 9.90 Å². The van der Waals surface area contributed by atoms with Gasteiger partial charge in [-0.3, -0.25) is 4.90 Å². The first-order chi connectivity index (χ1) is 14.3. The Hall–Kier alpha value is -1.98. The van der Waals surface area contributed by atoms with E-state index >= 15 is 0 Å². The van der Waals surface area contributed by atoms with Crippen LogP contribution < -0.4 is 0 Å². The molecule has 0 saturated carbocycles. The van der Waals surface area contributed by atoms with Gasteiger partial charge in [-0.2, -0.15) is 17.5 Å². The Morgan fingerprint density at radius 3 is 2.35 bits per heavy atom. The third kappa shape index (κ3) is 5.83. The van der Waals surface area contributed by atoms with Crippen LogP contribution in [0.5, 0.6) is 0 Å². The molecule has 2 heterocycles. The zero-order valence-corrected chi connectivity index (χ0v) is 18.0. The second-order valence-corrected chi connectivity index (χ2v) is 9.66. The van der Waals surface area contributed by atoms with Gasteiger partial charge in [0.05, 0.1) is 4.90 Å². The van der Waals surface area contributed by atoms with Crippen LogP contribution >= 0.6 is 0 Å². The number of alkyl halides is 3. The molecule has 0 amide bonds. The Bertz CT molecular complexity index is 920. The molecule has 1 spiro atoms. The summed E-state index contributed by atoms with van der Waals surface area (Å²) in [6, 6.07) is 4.18. The monoisotopic (exact) mass is 466 g/mol. The van der Waals surface area contributed by atoms with Gasteiger partial charge in [0.15, 0.2) is 0 Å². The van der Waals surface area contributed by atoms with Crippen molar-refractivity contribution in [2.75, 3.05) is 26.2 Å². The first-order valence-corrected chi connectivity index (χ1v) is 11.2. The lowest BCUT2D eigenvalue weighted by Crippen LogP contribution is -2.56. The van der Waals surface area contributed by atoms with Crippen molar-refractivity contribution in [2.24, 2.45) is 0 Å². The summed E-state index contributed by atoms with van der Waals surface area (Å²) < 4.78 is 73.1. The SMILES string of the molecule is C=CCN1CCCC12CCCN(S(=O)(=O)c1ccc(C)c(F)c1)C2.O=C(O)C(F)(F)F. The van der Waals surface area contributed by atoms with Gasteiger partial charge in [-0.15, -0.1) is 6.58 Å². The number of hydrogen-bond acceptors (Lipinski definition) is 4. The van der Waals surface area contributed by atoms with Crippen LogP contribution in [-0.2, 0) is 14.8 Å². The fourth-order valence-electron chi connectivity index (χ4n) is 4.06. The van der Waals surface area contributed by atoms with Crippen LogP contribution in [0.15, 0.2) is 35.7 Å². The largest absolute Gasteiger partial charge is 0.490 e. The summed E-state index contributed by atoms with van der Waals surface area (Å²) >= 11 is 0. The van der Waals surface area contributed by atoms with Gasteiger partial charge in [0, 0.05) is 25.2 Å². The number of aryl methyl sites for hydroxylation is 1. The highest BCUT2D eigenvalue weighted by atomic mass is 32.2. The second-order valence-electron chi connectivity index (χ2n) is 7.72. The molecule has 2 aliphatic heterocycles. The Labute approximate surface area is 179 Å². The number of nitrogens with zero attached hydrogens (tertiary/aromatic N) is 2. The molecule has 2 fully saturated rings. The van der Waals surface area contributed by atoms with Gasteiger partial charge in [-0.05, 0) is 56.8 Å². The van der Waals surface area contributed by atoms with Gasteiger partial charge in [0.1, 0.15) is 5.82 Å². The number of likely N-dealkylation sites (tertiary alicyclic amines) is 1. The average Bonchev–Trinajstić information content (AvgIpc) is 3.05. The summed E-state index contributed by atoms with van der Waals surface area (Å²) in [5.41, 5.74) is 0.361. The molecule has 2 saturated heterocycles. The highest BCUT2D eigenvalue weighted by molar-refractivity contribution is 7.89. The minimum atomic E-state index is -5.08. The Kier molecular flexibility index (Phi) is 7.88. The Balaban J connectivity index is 0.000000423. The molecule has 0 radical (unpaired) electrons. The minimum Gasteiger partial charge on any atom is -0.475 e. The lowest BCUT2D eigenvalue weighted by molar-refractivity contribution is -0.192. The lowest BCUT2D eigenvalue weighted by Gasteiger charge is -2.45. The number of rotatable bonds is 4. The molecule has 1 N–H and O–H groups in total. The zero-order chi connectivity index (χ0) is 23.4. The van der Waals surface area contributed by atoms with Crippen LogP contribution in [0, 0.1) is 12.7 Å². The van der Waals surface area contributed by atoms with E-state index in [2.05, 4.69) is 11.5 Å². The standard InChI is InChI=1S/C18H25FN2O2S.C2HF3O2/c1-3-10-20-11-4-8-18(20)9-5-12-21(14-18)24(22,23)16-7-6-15(2)17(19)13-16;3-2(4,5)1(6)7/h3,6-7,13H,1,4-5,8-12,14H2,2H3;(H,6,7). The third-order valence-electron chi connectivity index (χ3n) is 5.63. The number of aliphatic carboxylic acids is 1. The maximum atomic E-state index is 13.8. The highest BCUT2D eigenvalue weighted by Crippen LogP contribution is 2.38. The molecule has 0 bridgehead atoms. The quantitative estimate of drug-likeness (QED) is 0.542. The van der Waals surface area contributed by atoms with Gasteiger partial charge in [0.25, 0.3) is 0 Å². The molecule has 1 aromatic rings. The van der Waals surface area contributed by atoms with Gasteiger partial charge in [-0.25, -0.2) is 17.6 Å². The van der Waals surface area contributed by atoms with E-state index < -0.39 is 28.0 Å². The van der Waals surface area contributed by atoms with E-state index in [1.54, 1.807) is 11.2 Å². The van der Waals surface area contributed by atoms with E-state index in [0.717, 1.165) is 44.8 Å². The molecule has 1 unspecified atom stereocenters. The fraction of sp³-hybridized carbons (Fsp3) is 0.550. The third-order valence-corrected chi connectivity index (χ3v) is 7.48. The number of carboxylic acids is 1. The number of halogens is 4. The van der Waals surface area contributed by atoms with Crippen molar-refractivity contribution in [3.8, 4) is 0 Å². The predicted octanol–water partition coefficient (Wildman–Crippen LogP) is 3.57. The van der Waals surface area contributed by atoms with Crippen molar-refractivity contribution in [1.82, 2.24) is 9.21 Å². The van der Waals surface area contributed by atoms with Crippen molar-refractivity contribution < 1.29 is 35.9 Å². The Morgan fingerprint density at radius 1 is 1.26 bits per heavy atom. The van der Waals surface area contributed by atoms with Crippen LogP contribution in [0.1, 0.15) is 31.2 Å². The molecule has 31 heavy (non-hydrogen) atoms. The number of carbonyl (C=O) groups is 1. The summed E-state index contributed by atoms with van der Waals surface area (Å²) in [7, 11) is -3.66. The first-order valence-electron chi connectivity index (χ1n) is 9.76. The van der Waals surface area contributed by atoms with Crippen LogP contribution in [0.25, 0.3) is 0 Å². The molecule has 6 nitrogen and oxygen atoms in total. The van der Waals surface area contributed by atoms with Crippen LogP contribution in [-0.4, -0.2) is 66.6 Å². The van der Waals surface area contributed by atoms with Crippen molar-refractivity contribution in [2.45, 2.75) is 49.2 Å². The van der Waals surface area contributed by atoms with Crippen molar-refractivity contribution >= 4 is 16.0 Å². The van der Waals surface area contributed by atoms with Crippen molar-refractivity contribution in [3.05, 3.63) is 42.2 Å². The van der Waals surface area contributed by atoms with Crippen LogP contribution in [0.4, 0.5) is 17.6 Å². The fourth-order valence-corrected chi connectivity index (χ4v) is 5.63. The second kappa shape index (κ2) is 9.66. The van der Waals surface area contributed by atoms with Crippen molar-refractivity contribution in [1.29, 1.82) is 0 Å². The minimum absolute atomic E-state index is 0.0518.